The minimum absolute atomic E-state index is 0.329. The van der Waals surface area contributed by atoms with Gasteiger partial charge in [0.05, 0.1) is 19.3 Å². The maximum Gasteiger partial charge on any atom is 0.128 e. The average Bonchev–Trinajstić information content (AvgIpc) is 2.87. The van der Waals surface area contributed by atoms with Crippen LogP contribution in [0.4, 0.5) is 5.82 Å². The second-order valence-corrected chi connectivity index (χ2v) is 5.09. The Morgan fingerprint density at radius 1 is 1.37 bits per heavy atom. The van der Waals surface area contributed by atoms with Gasteiger partial charge in [0.15, 0.2) is 0 Å². The van der Waals surface area contributed by atoms with E-state index >= 15 is 0 Å². The van der Waals surface area contributed by atoms with Gasteiger partial charge in [-0.2, -0.15) is 5.10 Å². The van der Waals surface area contributed by atoms with Crippen LogP contribution in [0.5, 0.6) is 0 Å². The normalized spacial score (nSPS) is 23.6. The fourth-order valence-corrected chi connectivity index (χ4v) is 2.48. The van der Waals surface area contributed by atoms with Crippen LogP contribution in [0, 0.1) is 0 Å². The standard InChI is InChI=1S/C14H18N4O/c1-14(12-9-16-17(2)10-12)11-18(7-8-19-14)13-5-3-4-6-15-13/h3-6,9-10H,7-8,11H2,1-2H3. The van der Waals surface area contributed by atoms with Crippen molar-refractivity contribution in [2.45, 2.75) is 12.5 Å². The first-order valence-electron chi connectivity index (χ1n) is 6.46. The van der Waals surface area contributed by atoms with Gasteiger partial charge >= 0.3 is 0 Å². The maximum absolute atomic E-state index is 5.99. The van der Waals surface area contributed by atoms with Crippen LogP contribution in [0.15, 0.2) is 36.8 Å². The number of hydrogen-bond acceptors (Lipinski definition) is 4. The van der Waals surface area contributed by atoms with E-state index in [4.69, 9.17) is 4.74 Å². The largest absolute Gasteiger partial charge is 0.367 e. The summed E-state index contributed by atoms with van der Waals surface area (Å²) in [6, 6.07) is 5.98. The number of hydrogen-bond donors (Lipinski definition) is 0. The summed E-state index contributed by atoms with van der Waals surface area (Å²) in [5.41, 5.74) is 0.778. The Balaban J connectivity index is 1.85. The molecule has 0 bridgehead atoms. The molecule has 2 aromatic rings. The fourth-order valence-electron chi connectivity index (χ4n) is 2.48. The highest BCUT2D eigenvalue weighted by molar-refractivity contribution is 5.39. The number of nitrogens with zero attached hydrogens (tertiary/aromatic N) is 4. The second-order valence-electron chi connectivity index (χ2n) is 5.09. The highest BCUT2D eigenvalue weighted by atomic mass is 16.5. The first-order valence-corrected chi connectivity index (χ1v) is 6.46. The molecule has 0 saturated carbocycles. The van der Waals surface area contributed by atoms with Crippen molar-refractivity contribution >= 4 is 5.82 Å². The van der Waals surface area contributed by atoms with Gasteiger partial charge in [0, 0.05) is 31.5 Å². The number of ether oxygens (including phenoxy) is 1. The summed E-state index contributed by atoms with van der Waals surface area (Å²) in [5, 5.41) is 4.24. The molecule has 2 aromatic heterocycles. The third kappa shape index (κ3) is 2.33. The van der Waals surface area contributed by atoms with E-state index in [-0.39, 0.29) is 5.60 Å². The van der Waals surface area contributed by atoms with Crippen molar-refractivity contribution in [1.82, 2.24) is 14.8 Å². The van der Waals surface area contributed by atoms with Crippen LogP contribution >= 0.6 is 0 Å². The van der Waals surface area contributed by atoms with E-state index in [0.717, 1.165) is 24.5 Å². The van der Waals surface area contributed by atoms with Crippen molar-refractivity contribution in [2.24, 2.45) is 7.05 Å². The number of aromatic nitrogens is 3. The number of rotatable bonds is 2. The summed E-state index contributed by atoms with van der Waals surface area (Å²) < 4.78 is 7.80. The lowest BCUT2D eigenvalue weighted by atomic mass is 9.97. The monoisotopic (exact) mass is 258 g/mol. The molecule has 1 atom stereocenters. The molecule has 0 aliphatic carbocycles. The Morgan fingerprint density at radius 3 is 2.95 bits per heavy atom. The van der Waals surface area contributed by atoms with E-state index in [0.29, 0.717) is 6.61 Å². The summed E-state index contributed by atoms with van der Waals surface area (Å²) >= 11 is 0. The molecule has 3 heterocycles. The van der Waals surface area contributed by atoms with Crippen molar-refractivity contribution in [3.63, 3.8) is 0 Å². The van der Waals surface area contributed by atoms with E-state index in [1.54, 1.807) is 0 Å². The molecule has 0 aromatic carbocycles. The molecule has 0 radical (unpaired) electrons. The molecule has 5 heteroatoms. The molecule has 1 aliphatic heterocycles. The Morgan fingerprint density at radius 2 is 2.26 bits per heavy atom. The van der Waals surface area contributed by atoms with E-state index in [2.05, 4.69) is 21.9 Å². The van der Waals surface area contributed by atoms with Gasteiger partial charge in [-0.25, -0.2) is 4.98 Å². The molecule has 1 aliphatic rings. The van der Waals surface area contributed by atoms with Crippen LogP contribution in [0.1, 0.15) is 12.5 Å². The summed E-state index contributed by atoms with van der Waals surface area (Å²) in [6.45, 7) is 4.46. The zero-order valence-corrected chi connectivity index (χ0v) is 11.3. The highest BCUT2D eigenvalue weighted by Gasteiger charge is 2.35. The third-order valence-electron chi connectivity index (χ3n) is 3.56. The van der Waals surface area contributed by atoms with Gasteiger partial charge in [-0.3, -0.25) is 4.68 Å². The van der Waals surface area contributed by atoms with Crippen LogP contribution < -0.4 is 4.90 Å². The Kier molecular flexibility index (Phi) is 2.98. The zero-order chi connectivity index (χ0) is 13.3. The van der Waals surface area contributed by atoms with Crippen molar-refractivity contribution in [2.75, 3.05) is 24.6 Å². The van der Waals surface area contributed by atoms with Gasteiger partial charge in [-0.1, -0.05) is 6.07 Å². The first-order chi connectivity index (χ1) is 9.17. The molecule has 3 rings (SSSR count). The molecular formula is C14H18N4O. The van der Waals surface area contributed by atoms with Crippen molar-refractivity contribution in [3.05, 3.63) is 42.4 Å². The minimum atomic E-state index is -0.329. The first kappa shape index (κ1) is 12.2. The summed E-state index contributed by atoms with van der Waals surface area (Å²) in [7, 11) is 1.92. The number of morpholine rings is 1. The van der Waals surface area contributed by atoms with E-state index < -0.39 is 0 Å². The lowest BCUT2D eigenvalue weighted by molar-refractivity contribution is -0.0468. The van der Waals surface area contributed by atoms with Crippen LogP contribution in [-0.4, -0.2) is 34.5 Å². The lowest BCUT2D eigenvalue weighted by Crippen LogP contribution is -2.48. The third-order valence-corrected chi connectivity index (χ3v) is 3.56. The predicted molar refractivity (Wildman–Crippen MR) is 73.0 cm³/mol. The van der Waals surface area contributed by atoms with E-state index in [9.17, 15) is 0 Å². The van der Waals surface area contributed by atoms with Crippen molar-refractivity contribution in [3.8, 4) is 0 Å². The lowest BCUT2D eigenvalue weighted by Gasteiger charge is -2.40. The average molecular weight is 258 g/mol. The van der Waals surface area contributed by atoms with Gasteiger partial charge in [-0.15, -0.1) is 0 Å². The molecule has 1 fully saturated rings. The van der Waals surface area contributed by atoms with E-state index in [1.807, 2.05) is 48.5 Å². The van der Waals surface area contributed by atoms with Crippen molar-refractivity contribution in [1.29, 1.82) is 0 Å². The van der Waals surface area contributed by atoms with Crippen LogP contribution in [0.25, 0.3) is 0 Å². The molecule has 100 valence electrons. The molecule has 5 nitrogen and oxygen atoms in total. The predicted octanol–water partition coefficient (Wildman–Crippen LogP) is 1.57. The van der Waals surface area contributed by atoms with Gasteiger partial charge in [0.25, 0.3) is 0 Å². The molecule has 0 N–H and O–H groups in total. The Labute approximate surface area is 112 Å². The quantitative estimate of drug-likeness (QED) is 0.820. The van der Waals surface area contributed by atoms with Crippen LogP contribution in [-0.2, 0) is 17.4 Å². The molecule has 0 spiro atoms. The van der Waals surface area contributed by atoms with Gasteiger partial charge < -0.3 is 9.64 Å². The Bertz CT molecular complexity index is 554. The summed E-state index contributed by atoms with van der Waals surface area (Å²) in [5.74, 6) is 1.00. The Hall–Kier alpha value is -1.88. The molecule has 1 saturated heterocycles. The van der Waals surface area contributed by atoms with E-state index in [1.165, 1.54) is 0 Å². The topological polar surface area (TPSA) is 43.2 Å². The zero-order valence-electron chi connectivity index (χ0n) is 11.3. The highest BCUT2D eigenvalue weighted by Crippen LogP contribution is 2.30. The van der Waals surface area contributed by atoms with Crippen LogP contribution in [0.3, 0.4) is 0 Å². The number of pyridine rings is 1. The van der Waals surface area contributed by atoms with Crippen LogP contribution in [0.2, 0.25) is 0 Å². The van der Waals surface area contributed by atoms with Gasteiger partial charge in [-0.05, 0) is 19.1 Å². The second kappa shape index (κ2) is 4.66. The summed E-state index contributed by atoms with van der Waals surface area (Å²) in [6.07, 6.45) is 5.72. The smallest absolute Gasteiger partial charge is 0.128 e. The summed E-state index contributed by atoms with van der Waals surface area (Å²) in [4.78, 5) is 6.68. The molecule has 1 unspecified atom stereocenters. The molecule has 19 heavy (non-hydrogen) atoms. The van der Waals surface area contributed by atoms with Crippen molar-refractivity contribution < 1.29 is 4.74 Å². The number of aryl methyl sites for hydroxylation is 1. The SMILES string of the molecule is Cn1cc(C2(C)CN(c3ccccn3)CCO2)cn1. The molecular weight excluding hydrogens is 240 g/mol. The maximum atomic E-state index is 5.99. The molecule has 0 amide bonds. The number of anilines is 1. The minimum Gasteiger partial charge on any atom is -0.367 e. The van der Waals surface area contributed by atoms with Gasteiger partial charge in [0.2, 0.25) is 0 Å². The fraction of sp³-hybridized carbons (Fsp3) is 0.429. The van der Waals surface area contributed by atoms with Gasteiger partial charge in [0.1, 0.15) is 11.4 Å².